The highest BCUT2D eigenvalue weighted by molar-refractivity contribution is 5.99. The van der Waals surface area contributed by atoms with Gasteiger partial charge in [0.2, 0.25) is 0 Å². The Bertz CT molecular complexity index is 1260. The van der Waals surface area contributed by atoms with Gasteiger partial charge in [0, 0.05) is 17.7 Å². The number of amides is 1. The molecule has 1 aromatic heterocycles. The average Bonchev–Trinajstić information content (AvgIpc) is 3.29. The van der Waals surface area contributed by atoms with E-state index in [9.17, 15) is 4.79 Å². The minimum Gasteiger partial charge on any atom is -0.497 e. The fourth-order valence-electron chi connectivity index (χ4n) is 4.16. The van der Waals surface area contributed by atoms with Crippen LogP contribution < -0.4 is 10.1 Å². The molecule has 0 unspecified atom stereocenters. The van der Waals surface area contributed by atoms with E-state index in [4.69, 9.17) is 9.72 Å². The number of methoxy groups -OCH3 is 1. The number of carbonyl (C=O) groups is 1. The minimum absolute atomic E-state index is 0.151. The number of nitrogens with one attached hydrogen (secondary N) is 1. The molecular formula is C29H31N3O2. The SMILES string of the molecule is CCc1ccc(-c2nc(-c3ccccc3)n(CC)c2C(=O)N[C@H](C)c2cccc(OC)c2)cc1. The third kappa shape index (κ3) is 4.74. The van der Waals surface area contributed by atoms with Crippen molar-refractivity contribution in [1.82, 2.24) is 14.9 Å². The van der Waals surface area contributed by atoms with Crippen molar-refractivity contribution in [2.75, 3.05) is 7.11 Å². The van der Waals surface area contributed by atoms with Gasteiger partial charge in [0.15, 0.2) is 0 Å². The number of aromatic nitrogens is 2. The van der Waals surface area contributed by atoms with Gasteiger partial charge in [0.25, 0.3) is 5.91 Å². The molecule has 4 rings (SSSR count). The van der Waals surface area contributed by atoms with Crippen LogP contribution in [-0.2, 0) is 13.0 Å². The van der Waals surface area contributed by atoms with Crippen LogP contribution in [0.3, 0.4) is 0 Å². The van der Waals surface area contributed by atoms with Gasteiger partial charge in [0.1, 0.15) is 23.0 Å². The average molecular weight is 454 g/mol. The van der Waals surface area contributed by atoms with E-state index in [-0.39, 0.29) is 11.9 Å². The number of hydrogen-bond donors (Lipinski definition) is 1. The lowest BCUT2D eigenvalue weighted by Gasteiger charge is -2.17. The first-order valence-electron chi connectivity index (χ1n) is 11.8. The van der Waals surface area contributed by atoms with Gasteiger partial charge in [-0.15, -0.1) is 0 Å². The number of benzene rings is 3. The summed E-state index contributed by atoms with van der Waals surface area (Å²) in [5.74, 6) is 1.40. The molecule has 0 aliphatic heterocycles. The molecule has 0 fully saturated rings. The van der Waals surface area contributed by atoms with E-state index >= 15 is 0 Å². The Morgan fingerprint density at radius 3 is 2.35 bits per heavy atom. The molecule has 0 saturated heterocycles. The highest BCUT2D eigenvalue weighted by Crippen LogP contribution is 2.30. The largest absolute Gasteiger partial charge is 0.497 e. The van der Waals surface area contributed by atoms with E-state index < -0.39 is 0 Å². The molecule has 0 radical (unpaired) electrons. The molecule has 4 aromatic rings. The van der Waals surface area contributed by atoms with Crippen LogP contribution in [-0.4, -0.2) is 22.6 Å². The van der Waals surface area contributed by atoms with E-state index in [1.54, 1.807) is 7.11 Å². The molecule has 0 bridgehead atoms. The normalized spacial score (nSPS) is 11.8. The second-order valence-electron chi connectivity index (χ2n) is 8.27. The minimum atomic E-state index is -0.196. The van der Waals surface area contributed by atoms with E-state index in [0.29, 0.717) is 17.9 Å². The van der Waals surface area contributed by atoms with Gasteiger partial charge < -0.3 is 14.6 Å². The third-order valence-electron chi connectivity index (χ3n) is 6.11. The number of imidazole rings is 1. The summed E-state index contributed by atoms with van der Waals surface area (Å²) in [5, 5.41) is 3.18. The van der Waals surface area contributed by atoms with E-state index in [1.165, 1.54) is 5.56 Å². The molecule has 174 valence electrons. The van der Waals surface area contributed by atoms with E-state index in [2.05, 4.69) is 36.5 Å². The predicted molar refractivity (Wildman–Crippen MR) is 137 cm³/mol. The van der Waals surface area contributed by atoms with Crippen molar-refractivity contribution in [3.63, 3.8) is 0 Å². The molecule has 0 aliphatic carbocycles. The molecule has 34 heavy (non-hydrogen) atoms. The third-order valence-corrected chi connectivity index (χ3v) is 6.11. The first-order chi connectivity index (χ1) is 16.5. The zero-order valence-corrected chi connectivity index (χ0v) is 20.2. The number of carbonyl (C=O) groups excluding carboxylic acids is 1. The summed E-state index contributed by atoms with van der Waals surface area (Å²) in [5.41, 5.74) is 5.41. The second-order valence-corrected chi connectivity index (χ2v) is 8.27. The summed E-state index contributed by atoms with van der Waals surface area (Å²) in [6.07, 6.45) is 0.963. The number of ether oxygens (including phenoxy) is 1. The quantitative estimate of drug-likeness (QED) is 0.341. The summed E-state index contributed by atoms with van der Waals surface area (Å²) in [6, 6.07) is 25.9. The van der Waals surface area contributed by atoms with Gasteiger partial charge in [0.05, 0.1) is 13.2 Å². The van der Waals surface area contributed by atoms with Crippen molar-refractivity contribution in [2.24, 2.45) is 0 Å². The highest BCUT2D eigenvalue weighted by atomic mass is 16.5. The van der Waals surface area contributed by atoms with Crippen LogP contribution in [0.2, 0.25) is 0 Å². The molecular weight excluding hydrogens is 422 g/mol. The van der Waals surface area contributed by atoms with E-state index in [0.717, 1.165) is 34.7 Å². The van der Waals surface area contributed by atoms with Crippen molar-refractivity contribution >= 4 is 5.91 Å². The Morgan fingerprint density at radius 2 is 1.71 bits per heavy atom. The summed E-state index contributed by atoms with van der Waals surface area (Å²) < 4.78 is 7.36. The van der Waals surface area contributed by atoms with Crippen LogP contribution in [0.4, 0.5) is 0 Å². The molecule has 1 heterocycles. The van der Waals surface area contributed by atoms with Gasteiger partial charge in [-0.25, -0.2) is 4.98 Å². The molecule has 0 spiro atoms. The smallest absolute Gasteiger partial charge is 0.270 e. The summed E-state index contributed by atoms with van der Waals surface area (Å²) in [6.45, 7) is 6.78. The van der Waals surface area contributed by atoms with Crippen LogP contribution in [0.15, 0.2) is 78.9 Å². The highest BCUT2D eigenvalue weighted by Gasteiger charge is 2.25. The Hall–Kier alpha value is -3.86. The van der Waals surface area contributed by atoms with Gasteiger partial charge in [-0.2, -0.15) is 0 Å². The lowest BCUT2D eigenvalue weighted by molar-refractivity contribution is 0.0931. The maximum atomic E-state index is 13.7. The molecule has 1 atom stereocenters. The van der Waals surface area contributed by atoms with Gasteiger partial charge in [-0.3, -0.25) is 4.79 Å². The number of rotatable bonds is 8. The fraction of sp³-hybridized carbons (Fsp3) is 0.241. The van der Waals surface area contributed by atoms with Crippen molar-refractivity contribution in [3.05, 3.63) is 95.7 Å². The van der Waals surface area contributed by atoms with Crippen molar-refractivity contribution in [3.8, 4) is 28.4 Å². The van der Waals surface area contributed by atoms with Gasteiger partial charge in [-0.1, -0.05) is 73.7 Å². The lowest BCUT2D eigenvalue weighted by Crippen LogP contribution is -2.29. The molecule has 1 N–H and O–H groups in total. The first kappa shape index (κ1) is 23.3. The van der Waals surface area contributed by atoms with Crippen molar-refractivity contribution in [1.29, 1.82) is 0 Å². The van der Waals surface area contributed by atoms with Gasteiger partial charge in [-0.05, 0) is 43.5 Å². The standard InChI is InChI=1S/C29H31N3O2/c1-5-21-15-17-22(18-16-21)26-27(32(6-2)28(31-26)23-11-8-7-9-12-23)29(33)30-20(3)24-13-10-14-25(19-24)34-4/h7-20H,5-6H2,1-4H3,(H,30,33)/t20-/m1/s1. The molecule has 0 saturated carbocycles. The predicted octanol–water partition coefficient (Wildman–Crippen LogP) is 6.30. The van der Waals surface area contributed by atoms with Crippen molar-refractivity contribution in [2.45, 2.75) is 39.8 Å². The monoisotopic (exact) mass is 453 g/mol. The topological polar surface area (TPSA) is 56.2 Å². The molecule has 1 amide bonds. The summed E-state index contributed by atoms with van der Waals surface area (Å²) in [4.78, 5) is 18.7. The number of nitrogens with zero attached hydrogens (tertiary/aromatic N) is 2. The summed E-state index contributed by atoms with van der Waals surface area (Å²) >= 11 is 0. The fourth-order valence-corrected chi connectivity index (χ4v) is 4.16. The molecule has 0 aliphatic rings. The van der Waals surface area contributed by atoms with Crippen LogP contribution >= 0.6 is 0 Å². The van der Waals surface area contributed by atoms with E-state index in [1.807, 2.05) is 73.0 Å². The Morgan fingerprint density at radius 1 is 0.971 bits per heavy atom. The zero-order chi connectivity index (χ0) is 24.1. The van der Waals surface area contributed by atoms with Crippen LogP contribution in [0.25, 0.3) is 22.6 Å². The zero-order valence-electron chi connectivity index (χ0n) is 20.2. The Kier molecular flexibility index (Phi) is 7.12. The maximum absolute atomic E-state index is 13.7. The molecule has 5 nitrogen and oxygen atoms in total. The van der Waals surface area contributed by atoms with Crippen LogP contribution in [0.5, 0.6) is 5.75 Å². The molecule has 5 heteroatoms. The first-order valence-corrected chi connectivity index (χ1v) is 11.8. The van der Waals surface area contributed by atoms with Gasteiger partial charge >= 0.3 is 0 Å². The number of hydrogen-bond acceptors (Lipinski definition) is 3. The number of aryl methyl sites for hydroxylation is 1. The second kappa shape index (κ2) is 10.4. The van der Waals surface area contributed by atoms with Crippen LogP contribution in [0, 0.1) is 0 Å². The van der Waals surface area contributed by atoms with Crippen molar-refractivity contribution < 1.29 is 9.53 Å². The lowest BCUT2D eigenvalue weighted by atomic mass is 10.0. The Balaban J connectivity index is 1.78. The maximum Gasteiger partial charge on any atom is 0.270 e. The Labute approximate surface area is 201 Å². The summed E-state index contributed by atoms with van der Waals surface area (Å²) in [7, 11) is 1.64. The molecule has 3 aromatic carbocycles. The van der Waals surface area contributed by atoms with Crippen LogP contribution in [0.1, 0.15) is 48.4 Å².